The number of hydrogen-bond donors (Lipinski definition) is 1. The summed E-state index contributed by atoms with van der Waals surface area (Å²) in [7, 11) is -3.26. The molecule has 2 heterocycles. The van der Waals surface area contributed by atoms with Crippen molar-refractivity contribution in [1.82, 2.24) is 19.2 Å². The number of nitrogens with zero attached hydrogens (tertiary/aromatic N) is 4. The number of rotatable bonds is 7. The lowest BCUT2D eigenvalue weighted by Crippen LogP contribution is -2.45. The van der Waals surface area contributed by atoms with Crippen LogP contribution in [0.3, 0.4) is 0 Å². The lowest BCUT2D eigenvalue weighted by atomic mass is 9.99. The zero-order valence-corrected chi connectivity index (χ0v) is 17.2. The molecule has 1 aliphatic rings. The fourth-order valence-corrected chi connectivity index (χ4v) is 4.41. The second-order valence-electron chi connectivity index (χ2n) is 7.32. The summed E-state index contributed by atoms with van der Waals surface area (Å²) in [5.74, 6) is -0.404. The summed E-state index contributed by atoms with van der Waals surface area (Å²) in [5.41, 5.74) is 2.69. The van der Waals surface area contributed by atoms with Gasteiger partial charge in [0.05, 0.1) is 30.1 Å². The van der Waals surface area contributed by atoms with Crippen molar-refractivity contribution in [1.29, 1.82) is 5.26 Å². The van der Waals surface area contributed by atoms with Crippen molar-refractivity contribution in [3.8, 4) is 6.07 Å². The van der Waals surface area contributed by atoms with Gasteiger partial charge in [0.25, 0.3) is 0 Å². The van der Waals surface area contributed by atoms with Crippen molar-refractivity contribution in [3.63, 3.8) is 0 Å². The molecule has 1 N–H and O–H groups in total. The quantitative estimate of drug-likeness (QED) is 0.729. The van der Waals surface area contributed by atoms with Gasteiger partial charge in [-0.2, -0.15) is 5.26 Å². The van der Waals surface area contributed by atoms with E-state index in [9.17, 15) is 13.2 Å². The minimum Gasteiger partial charge on any atom is -0.355 e. The van der Waals surface area contributed by atoms with E-state index in [0.29, 0.717) is 44.5 Å². The molecule has 1 atom stereocenters. The number of benzene rings is 1. The second kappa shape index (κ2) is 9.20. The molecule has 9 heteroatoms. The van der Waals surface area contributed by atoms with E-state index >= 15 is 0 Å². The van der Waals surface area contributed by atoms with Crippen LogP contribution in [0.2, 0.25) is 0 Å². The first-order valence-corrected chi connectivity index (χ1v) is 11.4. The molecule has 0 spiro atoms. The summed E-state index contributed by atoms with van der Waals surface area (Å²) < 4.78 is 26.8. The minimum absolute atomic E-state index is 0.100. The van der Waals surface area contributed by atoms with E-state index in [0.717, 1.165) is 11.3 Å². The molecular formula is C20H25N5O3S. The Morgan fingerprint density at radius 1 is 1.34 bits per heavy atom. The first-order valence-electron chi connectivity index (χ1n) is 9.57. The van der Waals surface area contributed by atoms with Crippen LogP contribution in [0.25, 0.3) is 0 Å². The number of aromatic nitrogens is 2. The van der Waals surface area contributed by atoms with Gasteiger partial charge in [0.15, 0.2) is 0 Å². The highest BCUT2D eigenvalue weighted by molar-refractivity contribution is 7.88. The Hall–Kier alpha value is -2.70. The summed E-state index contributed by atoms with van der Waals surface area (Å²) in [4.78, 5) is 16.7. The van der Waals surface area contributed by atoms with Gasteiger partial charge in [-0.05, 0) is 30.5 Å². The molecule has 8 nitrogen and oxygen atoms in total. The predicted molar refractivity (Wildman–Crippen MR) is 108 cm³/mol. The summed E-state index contributed by atoms with van der Waals surface area (Å²) in [6.07, 6.45) is 6.74. The Morgan fingerprint density at radius 3 is 2.79 bits per heavy atom. The van der Waals surface area contributed by atoms with Crippen molar-refractivity contribution in [2.45, 2.75) is 25.8 Å². The number of carbonyl (C=O) groups is 1. The van der Waals surface area contributed by atoms with E-state index in [1.54, 1.807) is 24.7 Å². The second-order valence-corrected chi connectivity index (χ2v) is 9.31. The molecule has 29 heavy (non-hydrogen) atoms. The van der Waals surface area contributed by atoms with Crippen molar-refractivity contribution in [3.05, 3.63) is 53.6 Å². The third-order valence-corrected chi connectivity index (χ3v) is 6.41. The molecule has 154 valence electrons. The van der Waals surface area contributed by atoms with Gasteiger partial charge in [-0.25, -0.2) is 17.7 Å². The van der Waals surface area contributed by atoms with Crippen LogP contribution < -0.4 is 5.32 Å². The maximum Gasteiger partial charge on any atom is 0.224 e. The fourth-order valence-electron chi connectivity index (χ4n) is 3.50. The fraction of sp³-hybridized carbons (Fsp3) is 0.450. The van der Waals surface area contributed by atoms with E-state index in [1.807, 2.05) is 16.7 Å². The lowest BCUT2D eigenvalue weighted by molar-refractivity contribution is -0.126. The minimum atomic E-state index is -3.26. The molecule has 3 rings (SSSR count). The maximum absolute atomic E-state index is 12.5. The number of piperidine rings is 1. The van der Waals surface area contributed by atoms with Gasteiger partial charge in [0, 0.05) is 44.5 Å². The smallest absolute Gasteiger partial charge is 0.224 e. The highest BCUT2D eigenvalue weighted by Crippen LogP contribution is 2.18. The van der Waals surface area contributed by atoms with Crippen molar-refractivity contribution >= 4 is 15.9 Å². The zero-order chi connectivity index (χ0) is 20.9. The van der Waals surface area contributed by atoms with Gasteiger partial charge in [-0.1, -0.05) is 12.1 Å². The van der Waals surface area contributed by atoms with E-state index in [4.69, 9.17) is 5.26 Å². The number of sulfonamides is 1. The molecule has 2 aromatic rings. The van der Waals surface area contributed by atoms with Crippen LogP contribution in [0.4, 0.5) is 0 Å². The molecule has 1 aromatic carbocycles. The van der Waals surface area contributed by atoms with E-state index in [2.05, 4.69) is 16.4 Å². The van der Waals surface area contributed by atoms with E-state index < -0.39 is 10.0 Å². The topological polar surface area (TPSA) is 108 Å². The molecule has 1 saturated heterocycles. The van der Waals surface area contributed by atoms with Crippen molar-refractivity contribution < 1.29 is 13.2 Å². The number of hydrogen-bond acceptors (Lipinski definition) is 5. The van der Waals surface area contributed by atoms with Gasteiger partial charge in [0.1, 0.15) is 0 Å². The van der Waals surface area contributed by atoms with Crippen LogP contribution in [-0.4, -0.2) is 54.1 Å². The van der Waals surface area contributed by atoms with Crippen LogP contribution in [0.1, 0.15) is 29.7 Å². The molecule has 0 unspecified atom stereocenters. The lowest BCUT2D eigenvalue weighted by Gasteiger charge is -2.30. The number of nitriles is 1. The molecular weight excluding hydrogens is 390 g/mol. The monoisotopic (exact) mass is 415 g/mol. The average molecular weight is 416 g/mol. The summed E-state index contributed by atoms with van der Waals surface area (Å²) in [6, 6.07) is 9.52. The molecule has 1 amide bonds. The third-order valence-electron chi connectivity index (χ3n) is 5.14. The SMILES string of the molecule is CS(=O)(=O)N1CCC[C@H](C(=O)NCCc2cncn2Cc2ccc(C#N)cc2)C1. The van der Waals surface area contributed by atoms with Crippen molar-refractivity contribution in [2.75, 3.05) is 25.9 Å². The van der Waals surface area contributed by atoms with Crippen LogP contribution in [0, 0.1) is 17.2 Å². The van der Waals surface area contributed by atoms with Gasteiger partial charge in [0.2, 0.25) is 15.9 Å². The summed E-state index contributed by atoms with van der Waals surface area (Å²) >= 11 is 0. The van der Waals surface area contributed by atoms with Crippen LogP contribution in [0.5, 0.6) is 0 Å². The van der Waals surface area contributed by atoms with Crippen molar-refractivity contribution in [2.24, 2.45) is 5.92 Å². The van der Waals surface area contributed by atoms with Gasteiger partial charge in [-0.15, -0.1) is 0 Å². The molecule has 1 aliphatic heterocycles. The molecule has 0 radical (unpaired) electrons. The predicted octanol–water partition coefficient (Wildman–Crippen LogP) is 1.13. The van der Waals surface area contributed by atoms with Gasteiger partial charge in [-0.3, -0.25) is 4.79 Å². The van der Waals surface area contributed by atoms with Crippen LogP contribution in [0.15, 0.2) is 36.8 Å². The van der Waals surface area contributed by atoms with Gasteiger partial charge < -0.3 is 9.88 Å². The largest absolute Gasteiger partial charge is 0.355 e. The highest BCUT2D eigenvalue weighted by Gasteiger charge is 2.29. The Morgan fingerprint density at radius 2 is 2.10 bits per heavy atom. The normalized spacial score (nSPS) is 17.6. The standard InChI is InChI=1S/C20H25N5O3S/c1-29(27,28)25-10-2-3-18(14-25)20(26)23-9-8-19-12-22-15-24(19)13-17-6-4-16(11-21)5-7-17/h4-7,12,15,18H,2-3,8-10,13-14H2,1H3,(H,23,26)/t18-/m0/s1. The molecule has 0 saturated carbocycles. The summed E-state index contributed by atoms with van der Waals surface area (Å²) in [6.45, 7) is 1.84. The van der Waals surface area contributed by atoms with E-state index in [-0.39, 0.29) is 18.4 Å². The Bertz CT molecular complexity index is 992. The molecule has 1 aromatic heterocycles. The maximum atomic E-state index is 12.5. The molecule has 0 aliphatic carbocycles. The number of imidazole rings is 1. The third kappa shape index (κ3) is 5.65. The first kappa shape index (κ1) is 21.0. The van der Waals surface area contributed by atoms with Crippen LogP contribution in [-0.2, 0) is 27.8 Å². The molecule has 1 fully saturated rings. The van der Waals surface area contributed by atoms with Crippen LogP contribution >= 0.6 is 0 Å². The number of carbonyl (C=O) groups excluding carboxylic acids is 1. The first-order chi connectivity index (χ1) is 13.9. The number of nitrogens with one attached hydrogen (secondary N) is 1. The number of amides is 1. The Balaban J connectivity index is 1.51. The highest BCUT2D eigenvalue weighted by atomic mass is 32.2. The Kier molecular flexibility index (Phi) is 6.67. The molecule has 0 bridgehead atoms. The van der Waals surface area contributed by atoms with E-state index in [1.165, 1.54) is 10.6 Å². The zero-order valence-electron chi connectivity index (χ0n) is 16.4. The Labute approximate surface area is 171 Å². The summed E-state index contributed by atoms with van der Waals surface area (Å²) in [5, 5.41) is 11.8. The average Bonchev–Trinajstić information content (AvgIpc) is 3.15. The van der Waals surface area contributed by atoms with Gasteiger partial charge >= 0.3 is 0 Å².